The minimum Gasteiger partial charge on any atom is -0.381 e. The quantitative estimate of drug-likeness (QED) is 0.646. The number of nitrogens with two attached hydrogens (primary N) is 1. The summed E-state index contributed by atoms with van der Waals surface area (Å²) in [4.78, 5) is 0. The number of hydrogen-bond donors (Lipinski definition) is 1. The average molecular weight is 155 g/mol. The first-order chi connectivity index (χ1) is 5.42. The monoisotopic (exact) mass is 155 g/mol. The van der Waals surface area contributed by atoms with Crippen molar-refractivity contribution < 1.29 is 4.74 Å². The first kappa shape index (κ1) is 7.56. The summed E-state index contributed by atoms with van der Waals surface area (Å²) in [7, 11) is 0. The Morgan fingerprint density at radius 3 is 2.64 bits per heavy atom. The standard InChI is InChI=1S/C9H17NO/c10-4-8-5-11-6-9(8)7-2-1-3-7/h7-9H,1-6,10H2. The van der Waals surface area contributed by atoms with Crippen LogP contribution in [-0.2, 0) is 4.74 Å². The highest BCUT2D eigenvalue weighted by Crippen LogP contribution is 2.39. The SMILES string of the molecule is NCC1COCC1C1CCC1. The summed E-state index contributed by atoms with van der Waals surface area (Å²) in [6.45, 7) is 2.71. The molecule has 1 heterocycles. The molecule has 0 amide bonds. The van der Waals surface area contributed by atoms with Crippen molar-refractivity contribution >= 4 is 0 Å². The Bertz CT molecular complexity index is 134. The first-order valence-electron chi connectivity index (χ1n) is 4.69. The van der Waals surface area contributed by atoms with Crippen LogP contribution in [0.25, 0.3) is 0 Å². The van der Waals surface area contributed by atoms with Crippen LogP contribution in [0.2, 0.25) is 0 Å². The van der Waals surface area contributed by atoms with E-state index in [9.17, 15) is 0 Å². The van der Waals surface area contributed by atoms with Gasteiger partial charge in [-0.15, -0.1) is 0 Å². The van der Waals surface area contributed by atoms with Crippen molar-refractivity contribution in [3.05, 3.63) is 0 Å². The van der Waals surface area contributed by atoms with Gasteiger partial charge >= 0.3 is 0 Å². The maximum absolute atomic E-state index is 5.66. The Balaban J connectivity index is 1.89. The second-order valence-corrected chi connectivity index (χ2v) is 3.89. The molecule has 0 spiro atoms. The van der Waals surface area contributed by atoms with Gasteiger partial charge in [-0.2, -0.15) is 0 Å². The topological polar surface area (TPSA) is 35.2 Å². The van der Waals surface area contributed by atoms with Gasteiger partial charge in [-0.25, -0.2) is 0 Å². The highest BCUT2D eigenvalue weighted by atomic mass is 16.5. The van der Waals surface area contributed by atoms with Gasteiger partial charge in [0.1, 0.15) is 0 Å². The van der Waals surface area contributed by atoms with Crippen LogP contribution in [0.5, 0.6) is 0 Å². The molecular formula is C9H17NO. The lowest BCUT2D eigenvalue weighted by atomic mass is 9.72. The van der Waals surface area contributed by atoms with Crippen LogP contribution >= 0.6 is 0 Å². The maximum Gasteiger partial charge on any atom is 0.0510 e. The zero-order chi connectivity index (χ0) is 7.68. The fourth-order valence-electron chi connectivity index (χ4n) is 2.25. The van der Waals surface area contributed by atoms with Gasteiger partial charge in [-0.05, 0) is 24.3 Å². The van der Waals surface area contributed by atoms with Gasteiger partial charge in [0.2, 0.25) is 0 Å². The molecule has 2 nitrogen and oxygen atoms in total. The average Bonchev–Trinajstić information content (AvgIpc) is 2.32. The van der Waals surface area contributed by atoms with Crippen LogP contribution < -0.4 is 5.73 Å². The van der Waals surface area contributed by atoms with E-state index in [0.29, 0.717) is 5.92 Å². The van der Waals surface area contributed by atoms with E-state index in [4.69, 9.17) is 10.5 Å². The predicted octanol–water partition coefficient (Wildman–Crippen LogP) is 1.01. The van der Waals surface area contributed by atoms with E-state index >= 15 is 0 Å². The normalized spacial score (nSPS) is 39.0. The minimum atomic E-state index is 0.667. The van der Waals surface area contributed by atoms with Crippen molar-refractivity contribution in [1.29, 1.82) is 0 Å². The van der Waals surface area contributed by atoms with Gasteiger partial charge in [0.05, 0.1) is 13.2 Å². The molecule has 0 bridgehead atoms. The third-order valence-corrected chi connectivity index (χ3v) is 3.31. The molecule has 2 rings (SSSR count). The van der Waals surface area contributed by atoms with Crippen LogP contribution in [0, 0.1) is 17.8 Å². The van der Waals surface area contributed by atoms with E-state index in [1.165, 1.54) is 19.3 Å². The van der Waals surface area contributed by atoms with Crippen molar-refractivity contribution in [1.82, 2.24) is 0 Å². The fraction of sp³-hybridized carbons (Fsp3) is 1.00. The second-order valence-electron chi connectivity index (χ2n) is 3.89. The predicted molar refractivity (Wildman–Crippen MR) is 44.2 cm³/mol. The number of rotatable bonds is 2. The molecule has 0 aromatic rings. The highest BCUT2D eigenvalue weighted by Gasteiger charge is 2.36. The Labute approximate surface area is 68.1 Å². The summed E-state index contributed by atoms with van der Waals surface area (Å²) < 4.78 is 5.44. The lowest BCUT2D eigenvalue weighted by Gasteiger charge is -2.33. The fourth-order valence-corrected chi connectivity index (χ4v) is 2.25. The van der Waals surface area contributed by atoms with Gasteiger partial charge in [0.15, 0.2) is 0 Å². The molecule has 1 aliphatic carbocycles. The zero-order valence-corrected chi connectivity index (χ0v) is 6.96. The Morgan fingerprint density at radius 1 is 1.27 bits per heavy atom. The molecule has 2 fully saturated rings. The van der Waals surface area contributed by atoms with Crippen LogP contribution in [0.1, 0.15) is 19.3 Å². The molecule has 2 heteroatoms. The summed E-state index contributed by atoms with van der Waals surface area (Å²) in [6, 6.07) is 0. The molecule has 2 aliphatic rings. The summed E-state index contributed by atoms with van der Waals surface area (Å²) in [5, 5.41) is 0. The lowest BCUT2D eigenvalue weighted by molar-refractivity contribution is 0.143. The van der Waals surface area contributed by atoms with Crippen LogP contribution in [0.4, 0.5) is 0 Å². The van der Waals surface area contributed by atoms with E-state index in [1.54, 1.807) is 0 Å². The molecule has 2 unspecified atom stereocenters. The molecule has 1 saturated heterocycles. The maximum atomic E-state index is 5.66. The Kier molecular flexibility index (Phi) is 2.14. The lowest BCUT2D eigenvalue weighted by Crippen LogP contribution is -2.31. The zero-order valence-electron chi connectivity index (χ0n) is 6.96. The summed E-state index contributed by atoms with van der Waals surface area (Å²) >= 11 is 0. The minimum absolute atomic E-state index is 0.667. The first-order valence-corrected chi connectivity index (χ1v) is 4.69. The van der Waals surface area contributed by atoms with Gasteiger partial charge in [-0.1, -0.05) is 19.3 Å². The molecule has 1 aliphatic heterocycles. The van der Waals surface area contributed by atoms with Crippen molar-refractivity contribution in [2.45, 2.75) is 19.3 Å². The van der Waals surface area contributed by atoms with E-state index in [0.717, 1.165) is 31.6 Å². The van der Waals surface area contributed by atoms with Gasteiger partial charge < -0.3 is 10.5 Å². The molecule has 0 radical (unpaired) electrons. The van der Waals surface area contributed by atoms with E-state index in [-0.39, 0.29) is 0 Å². The van der Waals surface area contributed by atoms with Crippen molar-refractivity contribution in [3.8, 4) is 0 Å². The molecule has 2 N–H and O–H groups in total. The Morgan fingerprint density at radius 2 is 2.09 bits per heavy atom. The van der Waals surface area contributed by atoms with Gasteiger partial charge in [-0.3, -0.25) is 0 Å². The highest BCUT2D eigenvalue weighted by molar-refractivity contribution is 4.85. The van der Waals surface area contributed by atoms with Crippen LogP contribution in [0.3, 0.4) is 0 Å². The van der Waals surface area contributed by atoms with Crippen LogP contribution in [-0.4, -0.2) is 19.8 Å². The molecule has 64 valence electrons. The third-order valence-electron chi connectivity index (χ3n) is 3.31. The third kappa shape index (κ3) is 1.30. The molecule has 0 aromatic carbocycles. The summed E-state index contributed by atoms with van der Waals surface area (Å²) in [5.41, 5.74) is 5.66. The van der Waals surface area contributed by atoms with E-state index in [1.807, 2.05) is 0 Å². The summed E-state index contributed by atoms with van der Waals surface area (Å²) in [5.74, 6) is 2.42. The van der Waals surface area contributed by atoms with Gasteiger partial charge in [0, 0.05) is 0 Å². The Hall–Kier alpha value is -0.0800. The van der Waals surface area contributed by atoms with E-state index in [2.05, 4.69) is 0 Å². The molecule has 2 atom stereocenters. The molecule has 11 heavy (non-hydrogen) atoms. The van der Waals surface area contributed by atoms with Gasteiger partial charge in [0.25, 0.3) is 0 Å². The van der Waals surface area contributed by atoms with E-state index < -0.39 is 0 Å². The van der Waals surface area contributed by atoms with Crippen molar-refractivity contribution in [3.63, 3.8) is 0 Å². The summed E-state index contributed by atoms with van der Waals surface area (Å²) in [6.07, 6.45) is 4.27. The molecule has 0 aromatic heterocycles. The number of hydrogen-bond acceptors (Lipinski definition) is 2. The van der Waals surface area contributed by atoms with Crippen molar-refractivity contribution in [2.24, 2.45) is 23.5 Å². The number of ether oxygens (including phenoxy) is 1. The smallest absolute Gasteiger partial charge is 0.0510 e. The van der Waals surface area contributed by atoms with Crippen molar-refractivity contribution in [2.75, 3.05) is 19.8 Å². The largest absolute Gasteiger partial charge is 0.381 e. The molecule has 1 saturated carbocycles. The second kappa shape index (κ2) is 3.11. The van der Waals surface area contributed by atoms with Crippen LogP contribution in [0.15, 0.2) is 0 Å². The molecular weight excluding hydrogens is 138 g/mol.